The van der Waals surface area contributed by atoms with Gasteiger partial charge in [0.05, 0.1) is 31.0 Å². The van der Waals surface area contributed by atoms with Crippen molar-refractivity contribution in [3.05, 3.63) is 57.9 Å². The normalized spacial score (nSPS) is 9.88. The van der Waals surface area contributed by atoms with E-state index >= 15 is 0 Å². The van der Waals surface area contributed by atoms with E-state index in [1.165, 1.54) is 10.9 Å². The van der Waals surface area contributed by atoms with Crippen LogP contribution < -0.4 is 5.56 Å². The Hall–Kier alpha value is -3.89. The summed E-state index contributed by atoms with van der Waals surface area (Å²) in [6, 6.07) is 11.0. The minimum atomic E-state index is -0.385. The van der Waals surface area contributed by atoms with Crippen LogP contribution in [-0.4, -0.2) is 19.1 Å². The molecule has 0 aliphatic heterocycles. The van der Waals surface area contributed by atoms with Gasteiger partial charge in [0.15, 0.2) is 11.2 Å². The van der Waals surface area contributed by atoms with Crippen molar-refractivity contribution in [2.24, 2.45) is 0 Å². The minimum Gasteiger partial charge on any atom is -0.313 e. The monoisotopic (exact) mass is 328 g/mol. The highest BCUT2D eigenvalue weighted by Gasteiger charge is 2.16. The maximum absolute atomic E-state index is 12.9. The van der Waals surface area contributed by atoms with Crippen molar-refractivity contribution < 1.29 is 0 Å². The molecule has 0 unspecified atom stereocenters. The molecule has 3 rings (SSSR count). The number of fused-ring (bicyclic) bond motifs is 1. The van der Waals surface area contributed by atoms with Gasteiger partial charge >= 0.3 is 0 Å². The minimum absolute atomic E-state index is 0.0444. The zero-order valence-corrected chi connectivity index (χ0v) is 13.4. The maximum atomic E-state index is 12.9. The summed E-state index contributed by atoms with van der Waals surface area (Å²) in [5.41, 5.74) is 1.21. The van der Waals surface area contributed by atoms with E-state index in [0.29, 0.717) is 17.7 Å². The van der Waals surface area contributed by atoms with Gasteiger partial charge in [0.2, 0.25) is 5.82 Å². The Morgan fingerprint density at radius 2 is 2.00 bits per heavy atom. The molecule has 0 saturated carbocycles. The van der Waals surface area contributed by atoms with Crippen LogP contribution >= 0.6 is 0 Å². The molecule has 0 saturated heterocycles. The number of nitriles is 2. The molecule has 3 aromatic rings. The van der Waals surface area contributed by atoms with Crippen molar-refractivity contribution in [2.45, 2.75) is 20.0 Å². The van der Waals surface area contributed by atoms with E-state index in [1.54, 1.807) is 35.8 Å². The first kappa shape index (κ1) is 16.0. The van der Waals surface area contributed by atoms with Gasteiger partial charge in [-0.15, -0.1) is 5.92 Å². The van der Waals surface area contributed by atoms with E-state index in [4.69, 9.17) is 0 Å². The first-order valence-corrected chi connectivity index (χ1v) is 7.43. The third-order valence-electron chi connectivity index (χ3n) is 3.73. The van der Waals surface area contributed by atoms with Crippen LogP contribution in [0.15, 0.2) is 35.4 Å². The van der Waals surface area contributed by atoms with Gasteiger partial charge in [-0.25, -0.2) is 4.98 Å². The summed E-state index contributed by atoms with van der Waals surface area (Å²) in [5, 5.41) is 18.6. The van der Waals surface area contributed by atoms with Crippen LogP contribution in [0.1, 0.15) is 23.9 Å². The molecule has 0 atom stereocenters. The number of imidazole rings is 1. The summed E-state index contributed by atoms with van der Waals surface area (Å²) in [4.78, 5) is 21.2. The van der Waals surface area contributed by atoms with Crippen LogP contribution in [0.25, 0.3) is 11.2 Å². The number of rotatable bonds is 3. The summed E-state index contributed by atoms with van der Waals surface area (Å²) in [6.45, 7) is 2.10. The van der Waals surface area contributed by atoms with E-state index in [9.17, 15) is 15.3 Å². The summed E-state index contributed by atoms with van der Waals surface area (Å²) in [6.07, 6.45) is 1.48. The van der Waals surface area contributed by atoms with Gasteiger partial charge in [0, 0.05) is 0 Å². The second-order valence-corrected chi connectivity index (χ2v) is 5.18. The quantitative estimate of drug-likeness (QED) is 0.677. The predicted octanol–water partition coefficient (Wildman–Crippen LogP) is 1.41. The molecule has 2 aromatic heterocycles. The fourth-order valence-electron chi connectivity index (χ4n) is 2.51. The smallest absolute Gasteiger partial charge is 0.280 e. The van der Waals surface area contributed by atoms with Gasteiger partial charge in [-0.05, 0) is 18.6 Å². The van der Waals surface area contributed by atoms with Crippen LogP contribution in [0.3, 0.4) is 0 Å². The Balaban J connectivity index is 2.21. The first-order valence-electron chi connectivity index (χ1n) is 7.43. The van der Waals surface area contributed by atoms with Gasteiger partial charge in [0.1, 0.15) is 6.07 Å². The van der Waals surface area contributed by atoms with Crippen LogP contribution in [0.4, 0.5) is 0 Å². The zero-order valence-electron chi connectivity index (χ0n) is 13.4. The average Bonchev–Trinajstić information content (AvgIpc) is 3.05. The summed E-state index contributed by atoms with van der Waals surface area (Å²) in [7, 11) is 0. The second-order valence-electron chi connectivity index (χ2n) is 5.18. The van der Waals surface area contributed by atoms with E-state index in [0.717, 1.165) is 0 Å². The molecule has 0 N–H and O–H groups in total. The molecule has 0 spiro atoms. The molecule has 0 aliphatic carbocycles. The number of benzene rings is 1. The molecule has 7 nitrogen and oxygen atoms in total. The third-order valence-corrected chi connectivity index (χ3v) is 3.73. The largest absolute Gasteiger partial charge is 0.313 e. The van der Waals surface area contributed by atoms with Crippen molar-refractivity contribution in [1.82, 2.24) is 19.1 Å². The van der Waals surface area contributed by atoms with E-state index in [2.05, 4.69) is 27.9 Å². The standard InChI is InChI=1S/C18H12N6O/c1-2-3-8-23-12-21-17-16(23)18(25)24(15(10-20)22-17)11-14-7-5-4-6-13(14)9-19/h4-7,12H,8,11H2,1H3. The van der Waals surface area contributed by atoms with Crippen LogP contribution in [0.5, 0.6) is 0 Å². The van der Waals surface area contributed by atoms with E-state index < -0.39 is 0 Å². The predicted molar refractivity (Wildman–Crippen MR) is 90.2 cm³/mol. The summed E-state index contributed by atoms with van der Waals surface area (Å²) < 4.78 is 2.87. The van der Waals surface area contributed by atoms with E-state index in [1.807, 2.05) is 6.07 Å². The third kappa shape index (κ3) is 2.85. The maximum Gasteiger partial charge on any atom is 0.280 e. The molecule has 0 fully saturated rings. The molecule has 7 heteroatoms. The molecule has 1 aromatic carbocycles. The van der Waals surface area contributed by atoms with Gasteiger partial charge < -0.3 is 4.57 Å². The average molecular weight is 328 g/mol. The topological polar surface area (TPSA) is 100 Å². The lowest BCUT2D eigenvalue weighted by atomic mass is 10.1. The Kier molecular flexibility index (Phi) is 4.28. The highest BCUT2D eigenvalue weighted by Crippen LogP contribution is 2.12. The van der Waals surface area contributed by atoms with Crippen molar-refractivity contribution >= 4 is 11.2 Å². The molecule has 0 bridgehead atoms. The molecular formula is C18H12N6O. The number of aromatic nitrogens is 4. The van der Waals surface area contributed by atoms with Crippen molar-refractivity contribution in [3.8, 4) is 24.0 Å². The highest BCUT2D eigenvalue weighted by molar-refractivity contribution is 5.70. The number of hydrogen-bond acceptors (Lipinski definition) is 5. The molecule has 0 radical (unpaired) electrons. The van der Waals surface area contributed by atoms with Crippen LogP contribution in [0, 0.1) is 34.5 Å². The number of nitrogens with zero attached hydrogens (tertiary/aromatic N) is 6. The number of hydrogen-bond donors (Lipinski definition) is 0. The highest BCUT2D eigenvalue weighted by atomic mass is 16.1. The molecule has 2 heterocycles. The molecule has 25 heavy (non-hydrogen) atoms. The summed E-state index contributed by atoms with van der Waals surface area (Å²) >= 11 is 0. The lowest BCUT2D eigenvalue weighted by Crippen LogP contribution is -2.26. The van der Waals surface area contributed by atoms with Gasteiger partial charge in [0.25, 0.3) is 5.56 Å². The van der Waals surface area contributed by atoms with Crippen LogP contribution in [-0.2, 0) is 13.1 Å². The molecule has 120 valence electrons. The Bertz CT molecular complexity index is 1160. The van der Waals surface area contributed by atoms with Crippen molar-refractivity contribution in [1.29, 1.82) is 10.5 Å². The fourth-order valence-corrected chi connectivity index (χ4v) is 2.51. The van der Waals surface area contributed by atoms with Crippen molar-refractivity contribution in [3.63, 3.8) is 0 Å². The van der Waals surface area contributed by atoms with Gasteiger partial charge in [-0.3, -0.25) is 9.36 Å². The van der Waals surface area contributed by atoms with Gasteiger partial charge in [-0.2, -0.15) is 15.5 Å². The van der Waals surface area contributed by atoms with Gasteiger partial charge in [-0.1, -0.05) is 24.1 Å². The van der Waals surface area contributed by atoms with Crippen LogP contribution in [0.2, 0.25) is 0 Å². The SMILES string of the molecule is CC#CCn1cnc2nc(C#N)n(Cc3ccccc3C#N)c(=O)c21. The Labute approximate surface area is 143 Å². The molecule has 0 amide bonds. The first-order chi connectivity index (χ1) is 12.2. The Morgan fingerprint density at radius 3 is 2.72 bits per heavy atom. The Morgan fingerprint density at radius 1 is 1.20 bits per heavy atom. The lowest BCUT2D eigenvalue weighted by Gasteiger charge is -2.09. The van der Waals surface area contributed by atoms with E-state index in [-0.39, 0.29) is 29.1 Å². The molecule has 0 aliphatic rings. The summed E-state index contributed by atoms with van der Waals surface area (Å²) in [5.74, 6) is 5.60. The fraction of sp³-hybridized carbons (Fsp3) is 0.167. The second kappa shape index (κ2) is 6.70. The zero-order chi connectivity index (χ0) is 17.8. The van der Waals surface area contributed by atoms with Crippen molar-refractivity contribution in [2.75, 3.05) is 0 Å². The molecular weight excluding hydrogens is 316 g/mol. The lowest BCUT2D eigenvalue weighted by molar-refractivity contribution is 0.723.